The Morgan fingerprint density at radius 3 is 2.46 bits per heavy atom. The van der Waals surface area contributed by atoms with Crippen LogP contribution in [0.25, 0.3) is 0 Å². The third-order valence-corrected chi connectivity index (χ3v) is 2.45. The molecule has 1 heterocycles. The maximum Gasteiger partial charge on any atom is 0.132 e. The number of nitrogens with one attached hydrogen (secondary N) is 1. The van der Waals surface area contributed by atoms with E-state index in [1.54, 1.807) is 0 Å². The topological polar surface area (TPSA) is 28.7 Å². The van der Waals surface area contributed by atoms with Gasteiger partial charge < -0.3 is 4.98 Å². The third-order valence-electron chi connectivity index (χ3n) is 2.05. The zero-order valence-corrected chi connectivity index (χ0v) is 9.46. The summed E-state index contributed by atoms with van der Waals surface area (Å²) in [6.07, 6.45) is 0.963. The second-order valence-electron chi connectivity index (χ2n) is 3.84. The normalized spacial score (nSPS) is 10.8. The number of hydrogen-bond acceptors (Lipinski definition) is 2. The van der Waals surface area contributed by atoms with E-state index in [4.69, 9.17) is 12.2 Å². The number of nitrogens with zero attached hydrogens (tertiary/aromatic N) is 1. The lowest BCUT2D eigenvalue weighted by Gasteiger charge is -2.07. The summed E-state index contributed by atoms with van der Waals surface area (Å²) in [5.41, 5.74) is 2.22. The van der Waals surface area contributed by atoms with Crippen molar-refractivity contribution in [1.82, 2.24) is 9.97 Å². The van der Waals surface area contributed by atoms with Gasteiger partial charge in [-0.1, -0.05) is 26.1 Å². The van der Waals surface area contributed by atoms with Gasteiger partial charge in [-0.25, -0.2) is 4.98 Å². The molecule has 2 nitrogen and oxygen atoms in total. The van der Waals surface area contributed by atoms with Crippen LogP contribution in [-0.2, 0) is 6.42 Å². The van der Waals surface area contributed by atoms with E-state index in [-0.39, 0.29) is 0 Å². The molecular formula is C10H16N2S. The molecule has 0 spiro atoms. The molecule has 0 aliphatic rings. The Labute approximate surface area is 84.4 Å². The summed E-state index contributed by atoms with van der Waals surface area (Å²) >= 11 is 5.15. The number of aryl methyl sites for hydroxylation is 1. The van der Waals surface area contributed by atoms with Crippen molar-refractivity contribution in [2.24, 2.45) is 5.92 Å². The molecule has 0 atom stereocenters. The first-order valence-electron chi connectivity index (χ1n) is 4.57. The monoisotopic (exact) mass is 196 g/mol. The van der Waals surface area contributed by atoms with E-state index in [1.165, 1.54) is 0 Å². The van der Waals surface area contributed by atoms with Gasteiger partial charge in [0.25, 0.3) is 0 Å². The summed E-state index contributed by atoms with van der Waals surface area (Å²) in [6, 6.07) is 0. The van der Waals surface area contributed by atoms with Crippen LogP contribution in [0.3, 0.4) is 0 Å². The maximum atomic E-state index is 5.15. The van der Waals surface area contributed by atoms with Gasteiger partial charge in [0.1, 0.15) is 10.5 Å². The molecule has 1 N–H and O–H groups in total. The van der Waals surface area contributed by atoms with Crippen LogP contribution < -0.4 is 0 Å². The summed E-state index contributed by atoms with van der Waals surface area (Å²) in [7, 11) is 0. The minimum absolute atomic E-state index is 0.611. The molecule has 0 aliphatic heterocycles. The van der Waals surface area contributed by atoms with E-state index in [0.717, 1.165) is 28.1 Å². The molecule has 0 saturated heterocycles. The largest absolute Gasteiger partial charge is 0.347 e. The molecule has 1 aromatic rings. The number of aromatic nitrogens is 2. The molecule has 0 fully saturated rings. The van der Waals surface area contributed by atoms with E-state index < -0.39 is 0 Å². The molecule has 0 aliphatic carbocycles. The van der Waals surface area contributed by atoms with Gasteiger partial charge in [0, 0.05) is 17.7 Å². The minimum Gasteiger partial charge on any atom is -0.347 e. The highest BCUT2D eigenvalue weighted by Gasteiger charge is 2.02. The maximum absolute atomic E-state index is 5.15. The molecule has 1 rings (SSSR count). The van der Waals surface area contributed by atoms with E-state index in [2.05, 4.69) is 23.8 Å². The second-order valence-corrected chi connectivity index (χ2v) is 4.22. The summed E-state index contributed by atoms with van der Waals surface area (Å²) < 4.78 is 0.729. The van der Waals surface area contributed by atoms with Gasteiger partial charge in [-0.3, -0.25) is 0 Å². The van der Waals surface area contributed by atoms with Crippen molar-refractivity contribution in [2.45, 2.75) is 34.1 Å². The summed E-state index contributed by atoms with van der Waals surface area (Å²) in [4.78, 5) is 7.60. The fraction of sp³-hybridized carbons (Fsp3) is 0.600. The van der Waals surface area contributed by atoms with Crippen LogP contribution in [0.1, 0.15) is 30.9 Å². The standard InChI is InChI=1S/C10H16N2S/c1-6(2)5-9-11-8(4)7(3)10(13)12-9/h6H,5H2,1-4H3,(H,11,12,13). The lowest BCUT2D eigenvalue weighted by Crippen LogP contribution is -2.04. The molecule has 0 saturated carbocycles. The summed E-state index contributed by atoms with van der Waals surface area (Å²) in [5.74, 6) is 1.61. The number of rotatable bonds is 2. The van der Waals surface area contributed by atoms with Crippen LogP contribution in [0.5, 0.6) is 0 Å². The van der Waals surface area contributed by atoms with Crippen LogP contribution in [0.2, 0.25) is 0 Å². The Kier molecular flexibility index (Phi) is 3.20. The van der Waals surface area contributed by atoms with Crippen LogP contribution in [0, 0.1) is 24.4 Å². The highest BCUT2D eigenvalue weighted by atomic mass is 32.1. The van der Waals surface area contributed by atoms with Gasteiger partial charge >= 0.3 is 0 Å². The lowest BCUT2D eigenvalue weighted by molar-refractivity contribution is 0.617. The third kappa shape index (κ3) is 2.62. The van der Waals surface area contributed by atoms with Crippen molar-refractivity contribution in [2.75, 3.05) is 0 Å². The average molecular weight is 196 g/mol. The average Bonchev–Trinajstić information content (AvgIpc) is 1.98. The van der Waals surface area contributed by atoms with Gasteiger partial charge in [-0.05, 0) is 19.8 Å². The van der Waals surface area contributed by atoms with Gasteiger partial charge in [-0.15, -0.1) is 0 Å². The molecular weight excluding hydrogens is 180 g/mol. The van der Waals surface area contributed by atoms with E-state index in [0.29, 0.717) is 5.92 Å². The van der Waals surface area contributed by atoms with Gasteiger partial charge in [0.15, 0.2) is 0 Å². The SMILES string of the molecule is Cc1[nH]c(CC(C)C)nc(=S)c1C. The number of H-pyrrole nitrogens is 1. The quantitative estimate of drug-likeness (QED) is 0.737. The smallest absolute Gasteiger partial charge is 0.132 e. The first kappa shape index (κ1) is 10.4. The van der Waals surface area contributed by atoms with Crippen molar-refractivity contribution >= 4 is 12.2 Å². The molecule has 0 bridgehead atoms. The number of aromatic amines is 1. The van der Waals surface area contributed by atoms with E-state index >= 15 is 0 Å². The molecule has 0 amide bonds. The molecule has 3 heteroatoms. The Hall–Kier alpha value is -0.700. The van der Waals surface area contributed by atoms with E-state index in [1.807, 2.05) is 13.8 Å². The number of hydrogen-bond donors (Lipinski definition) is 1. The van der Waals surface area contributed by atoms with Gasteiger partial charge in [0.05, 0.1) is 0 Å². The Bertz CT molecular complexity index is 352. The van der Waals surface area contributed by atoms with Crippen LogP contribution >= 0.6 is 12.2 Å². The van der Waals surface area contributed by atoms with Crippen molar-refractivity contribution in [3.05, 3.63) is 21.7 Å². The van der Waals surface area contributed by atoms with Crippen molar-refractivity contribution in [1.29, 1.82) is 0 Å². The fourth-order valence-corrected chi connectivity index (χ4v) is 1.45. The van der Waals surface area contributed by atoms with Crippen LogP contribution in [0.15, 0.2) is 0 Å². The Balaban J connectivity index is 3.06. The Morgan fingerprint density at radius 2 is 2.00 bits per heavy atom. The summed E-state index contributed by atoms with van der Waals surface area (Å²) in [6.45, 7) is 8.39. The highest BCUT2D eigenvalue weighted by molar-refractivity contribution is 7.71. The van der Waals surface area contributed by atoms with Gasteiger partial charge in [0.2, 0.25) is 0 Å². The molecule has 0 unspecified atom stereocenters. The Morgan fingerprint density at radius 1 is 1.38 bits per heavy atom. The lowest BCUT2D eigenvalue weighted by atomic mass is 10.1. The second kappa shape index (κ2) is 4.01. The first-order chi connectivity index (χ1) is 6.00. The minimum atomic E-state index is 0.611. The van der Waals surface area contributed by atoms with Crippen molar-refractivity contribution in [3.8, 4) is 0 Å². The van der Waals surface area contributed by atoms with Crippen molar-refractivity contribution in [3.63, 3.8) is 0 Å². The predicted octanol–water partition coefficient (Wildman–Crippen LogP) is 2.95. The zero-order chi connectivity index (χ0) is 10.0. The molecule has 0 aromatic carbocycles. The summed E-state index contributed by atoms with van der Waals surface area (Å²) in [5, 5.41) is 0. The van der Waals surface area contributed by atoms with E-state index in [9.17, 15) is 0 Å². The predicted molar refractivity (Wildman–Crippen MR) is 57.4 cm³/mol. The molecule has 0 radical (unpaired) electrons. The fourth-order valence-electron chi connectivity index (χ4n) is 1.19. The molecule has 13 heavy (non-hydrogen) atoms. The van der Waals surface area contributed by atoms with Crippen LogP contribution in [0.4, 0.5) is 0 Å². The molecule has 1 aromatic heterocycles. The first-order valence-corrected chi connectivity index (χ1v) is 4.98. The van der Waals surface area contributed by atoms with Crippen LogP contribution in [-0.4, -0.2) is 9.97 Å². The highest BCUT2D eigenvalue weighted by Crippen LogP contribution is 2.08. The molecule has 72 valence electrons. The van der Waals surface area contributed by atoms with Gasteiger partial charge in [-0.2, -0.15) is 0 Å². The van der Waals surface area contributed by atoms with Crippen molar-refractivity contribution < 1.29 is 0 Å². The zero-order valence-electron chi connectivity index (χ0n) is 8.64.